The maximum absolute atomic E-state index is 13.4. The van der Waals surface area contributed by atoms with E-state index in [4.69, 9.17) is 4.74 Å². The summed E-state index contributed by atoms with van der Waals surface area (Å²) < 4.78 is 5.90. The van der Waals surface area contributed by atoms with Crippen molar-refractivity contribution in [1.82, 2.24) is 4.90 Å². The van der Waals surface area contributed by atoms with Crippen LogP contribution in [0.2, 0.25) is 0 Å². The number of hydrogen-bond donors (Lipinski definition) is 1. The van der Waals surface area contributed by atoms with Crippen LogP contribution in [0.3, 0.4) is 0 Å². The van der Waals surface area contributed by atoms with Crippen LogP contribution in [0.15, 0.2) is 42.5 Å². The molecule has 7 heteroatoms. The lowest BCUT2D eigenvalue weighted by Crippen LogP contribution is -2.65. The quantitative estimate of drug-likeness (QED) is 0.608. The molecule has 1 unspecified atom stereocenters. The lowest BCUT2D eigenvalue weighted by molar-refractivity contribution is -0.587. The van der Waals surface area contributed by atoms with E-state index in [1.54, 1.807) is 13.1 Å². The minimum Gasteiger partial charge on any atom is -0.369 e. The Hall–Kier alpha value is -2.77. The van der Waals surface area contributed by atoms with Crippen molar-refractivity contribution in [3.63, 3.8) is 0 Å². The third-order valence-corrected chi connectivity index (χ3v) is 6.79. The van der Waals surface area contributed by atoms with Crippen LogP contribution in [-0.2, 0) is 21.7 Å². The van der Waals surface area contributed by atoms with Gasteiger partial charge in [0.1, 0.15) is 6.61 Å². The first-order valence-corrected chi connectivity index (χ1v) is 9.37. The molecule has 2 aromatic rings. The molecular formula is C21H21N3O4. The Labute approximate surface area is 162 Å². The van der Waals surface area contributed by atoms with Crippen LogP contribution in [0.4, 0.5) is 5.69 Å². The second-order valence-electron chi connectivity index (χ2n) is 7.97. The molecule has 0 aliphatic carbocycles. The van der Waals surface area contributed by atoms with Crippen molar-refractivity contribution in [3.8, 4) is 0 Å². The predicted molar refractivity (Wildman–Crippen MR) is 103 cm³/mol. The average molecular weight is 379 g/mol. The van der Waals surface area contributed by atoms with Crippen molar-refractivity contribution >= 4 is 11.6 Å². The van der Waals surface area contributed by atoms with Crippen LogP contribution in [-0.4, -0.2) is 41.5 Å². The predicted octanol–water partition coefficient (Wildman–Crippen LogP) is 2.42. The zero-order valence-corrected chi connectivity index (χ0v) is 15.8. The Morgan fingerprint density at radius 1 is 1.25 bits per heavy atom. The highest BCUT2D eigenvalue weighted by molar-refractivity contribution is 6.07. The molecule has 28 heavy (non-hydrogen) atoms. The summed E-state index contributed by atoms with van der Waals surface area (Å²) in [5.41, 5.74) is 1.16. The number of benzene rings is 2. The number of hydrogen-bond acceptors (Lipinski definition) is 5. The fraction of sp³-hybridized carbons (Fsp3) is 0.381. The highest BCUT2D eigenvalue weighted by Gasteiger charge is 2.79. The van der Waals surface area contributed by atoms with E-state index in [9.17, 15) is 14.9 Å². The number of ether oxygens (including phenoxy) is 1. The van der Waals surface area contributed by atoms with Gasteiger partial charge in [0, 0.05) is 22.7 Å². The van der Waals surface area contributed by atoms with Crippen molar-refractivity contribution in [2.45, 2.75) is 30.5 Å². The molecular weight excluding hydrogens is 358 g/mol. The molecule has 1 N–H and O–H groups in total. The van der Waals surface area contributed by atoms with Gasteiger partial charge in [-0.2, -0.15) is 0 Å². The van der Waals surface area contributed by atoms with Crippen molar-refractivity contribution in [1.29, 1.82) is 0 Å². The minimum absolute atomic E-state index is 0.120. The highest BCUT2D eigenvalue weighted by Crippen LogP contribution is 2.59. The number of anilines is 1. The summed E-state index contributed by atoms with van der Waals surface area (Å²) in [7, 11) is 1.81. The largest absolute Gasteiger partial charge is 0.369 e. The number of carbonyl (C=O) groups is 1. The number of aryl methyl sites for hydroxylation is 1. The maximum Gasteiger partial charge on any atom is 0.284 e. The molecule has 0 bridgehead atoms. The standard InChI is InChI=1S/C21H21N3O4/c1-13-6-5-7-14-11-28-12-20(24(26)27)16(18(13)14)10-23(2)21(20)15-8-3-4-9-17(15)22-19(21)25/h3-9,16H,10-12H2,1-2H3,(H,22,25)/t16-,20-,21?/m0/s1. The Kier molecular flexibility index (Phi) is 3.48. The van der Waals surface area contributed by atoms with Crippen molar-refractivity contribution in [2.75, 3.05) is 25.5 Å². The van der Waals surface area contributed by atoms with Gasteiger partial charge in [-0.05, 0) is 36.7 Å². The number of amides is 1. The molecule has 5 rings (SSSR count). The summed E-state index contributed by atoms with van der Waals surface area (Å²) >= 11 is 0. The summed E-state index contributed by atoms with van der Waals surface area (Å²) in [6.45, 7) is 2.57. The van der Waals surface area contributed by atoms with Gasteiger partial charge in [0.25, 0.3) is 11.4 Å². The number of carbonyl (C=O) groups excluding carboxylic acids is 1. The molecule has 1 fully saturated rings. The molecule has 0 saturated carbocycles. The molecule has 3 aliphatic rings. The lowest BCUT2D eigenvalue weighted by Gasteiger charge is -2.39. The average Bonchev–Trinajstić information content (AvgIpc) is 3.03. The third-order valence-electron chi connectivity index (χ3n) is 6.79. The number of fused-ring (bicyclic) bond motifs is 6. The normalized spacial score (nSPS) is 31.1. The van der Waals surface area contributed by atoms with Gasteiger partial charge in [-0.25, -0.2) is 0 Å². The van der Waals surface area contributed by atoms with Gasteiger partial charge in [0.05, 0.1) is 12.5 Å². The lowest BCUT2D eigenvalue weighted by atomic mass is 9.67. The topological polar surface area (TPSA) is 84.7 Å². The number of nitrogens with one attached hydrogen (secondary N) is 1. The monoisotopic (exact) mass is 379 g/mol. The number of nitrogens with zero attached hydrogens (tertiary/aromatic N) is 2. The fourth-order valence-corrected chi connectivity index (χ4v) is 5.73. The molecule has 3 aliphatic heterocycles. The molecule has 1 amide bonds. The fourth-order valence-electron chi connectivity index (χ4n) is 5.73. The number of nitro groups is 1. The first-order valence-electron chi connectivity index (χ1n) is 9.37. The molecule has 0 aromatic heterocycles. The molecule has 1 spiro atoms. The molecule has 144 valence electrons. The van der Waals surface area contributed by atoms with Gasteiger partial charge in [-0.15, -0.1) is 0 Å². The first-order chi connectivity index (χ1) is 13.4. The maximum atomic E-state index is 13.4. The van der Waals surface area contributed by atoms with Gasteiger partial charge in [-0.1, -0.05) is 36.4 Å². The van der Waals surface area contributed by atoms with Gasteiger partial charge >= 0.3 is 0 Å². The summed E-state index contributed by atoms with van der Waals surface area (Å²) in [5, 5.41) is 15.7. The van der Waals surface area contributed by atoms with Crippen LogP contribution in [0.25, 0.3) is 0 Å². The van der Waals surface area contributed by atoms with E-state index >= 15 is 0 Å². The third kappa shape index (κ3) is 1.78. The minimum atomic E-state index is -1.62. The van der Waals surface area contributed by atoms with Crippen LogP contribution >= 0.6 is 0 Å². The van der Waals surface area contributed by atoms with E-state index in [-0.39, 0.29) is 17.4 Å². The molecule has 3 atom stereocenters. The van der Waals surface area contributed by atoms with Crippen LogP contribution in [0.1, 0.15) is 28.2 Å². The summed E-state index contributed by atoms with van der Waals surface area (Å²) in [5.74, 6) is -0.806. The van der Waals surface area contributed by atoms with Crippen LogP contribution in [0, 0.1) is 17.0 Å². The van der Waals surface area contributed by atoms with E-state index in [1.807, 2.05) is 48.2 Å². The van der Waals surface area contributed by atoms with Crippen molar-refractivity contribution < 1.29 is 14.5 Å². The Balaban J connectivity index is 1.86. The smallest absolute Gasteiger partial charge is 0.284 e. The van der Waals surface area contributed by atoms with E-state index in [0.29, 0.717) is 24.4 Å². The molecule has 0 radical (unpaired) electrons. The number of likely N-dealkylation sites (tertiary alicyclic amines) is 1. The number of likely N-dealkylation sites (N-methyl/N-ethyl adjacent to an activating group) is 1. The van der Waals surface area contributed by atoms with Gasteiger partial charge < -0.3 is 10.1 Å². The van der Waals surface area contributed by atoms with Crippen molar-refractivity contribution in [2.24, 2.45) is 0 Å². The summed E-state index contributed by atoms with van der Waals surface area (Å²) in [4.78, 5) is 27.8. The van der Waals surface area contributed by atoms with E-state index < -0.39 is 17.0 Å². The Morgan fingerprint density at radius 3 is 2.82 bits per heavy atom. The summed E-state index contributed by atoms with van der Waals surface area (Å²) in [6.07, 6.45) is 0. The second-order valence-corrected chi connectivity index (χ2v) is 7.97. The van der Waals surface area contributed by atoms with E-state index in [2.05, 4.69) is 5.32 Å². The molecule has 1 saturated heterocycles. The van der Waals surface area contributed by atoms with Gasteiger partial charge in [-0.3, -0.25) is 19.8 Å². The van der Waals surface area contributed by atoms with E-state index in [0.717, 1.165) is 16.7 Å². The Morgan fingerprint density at radius 2 is 2.04 bits per heavy atom. The Bertz CT molecular complexity index is 1020. The van der Waals surface area contributed by atoms with Gasteiger partial charge in [0.2, 0.25) is 5.54 Å². The zero-order valence-electron chi connectivity index (χ0n) is 15.8. The second kappa shape index (κ2) is 5.62. The summed E-state index contributed by atoms with van der Waals surface area (Å²) in [6, 6.07) is 13.2. The molecule has 2 aromatic carbocycles. The highest BCUT2D eigenvalue weighted by atomic mass is 16.6. The SMILES string of the molecule is Cc1cccc2c1[C@@H]1CN(C)C3(C(=O)Nc4ccccc43)[C@]1([N+](=O)[O-])COC2. The number of para-hydroxylation sites is 1. The van der Waals surface area contributed by atoms with Crippen molar-refractivity contribution in [3.05, 3.63) is 74.8 Å². The molecule has 7 nitrogen and oxygen atoms in total. The van der Waals surface area contributed by atoms with Crippen LogP contribution in [0.5, 0.6) is 0 Å². The van der Waals surface area contributed by atoms with E-state index in [1.165, 1.54) is 0 Å². The molecule has 3 heterocycles. The zero-order chi connectivity index (χ0) is 19.7. The number of rotatable bonds is 1. The first kappa shape index (κ1) is 17.3. The van der Waals surface area contributed by atoms with Gasteiger partial charge in [0.15, 0.2) is 0 Å². The van der Waals surface area contributed by atoms with Crippen LogP contribution < -0.4 is 5.32 Å².